The molecular formula is C11H17NO4S2. The van der Waals surface area contributed by atoms with Crippen LogP contribution in [0.1, 0.15) is 11.3 Å². The van der Waals surface area contributed by atoms with Gasteiger partial charge in [0, 0.05) is 16.5 Å². The van der Waals surface area contributed by atoms with E-state index in [9.17, 15) is 18.6 Å². The maximum absolute atomic E-state index is 11.5. The molecule has 2 N–H and O–H groups in total. The molecule has 1 aromatic rings. The van der Waals surface area contributed by atoms with Crippen molar-refractivity contribution in [1.82, 2.24) is 4.98 Å². The first-order chi connectivity index (χ1) is 8.51. The molecule has 0 amide bonds. The fraction of sp³-hybridized carbons (Fsp3) is 0.727. The summed E-state index contributed by atoms with van der Waals surface area (Å²) in [6, 6.07) is 0. The number of aliphatic hydroxyl groups excluding tert-OH is 2. The van der Waals surface area contributed by atoms with Crippen molar-refractivity contribution in [2.75, 3.05) is 24.7 Å². The van der Waals surface area contributed by atoms with Gasteiger partial charge in [-0.15, -0.1) is 11.3 Å². The molecule has 1 aromatic heterocycles. The van der Waals surface area contributed by atoms with Crippen molar-refractivity contribution >= 4 is 21.2 Å². The van der Waals surface area contributed by atoms with Crippen molar-refractivity contribution in [2.24, 2.45) is 11.3 Å². The van der Waals surface area contributed by atoms with E-state index < -0.39 is 15.3 Å². The molecule has 1 unspecified atom stereocenters. The van der Waals surface area contributed by atoms with E-state index in [0.29, 0.717) is 12.8 Å². The minimum absolute atomic E-state index is 0.0624. The number of hydrogen-bond acceptors (Lipinski definition) is 6. The third-order valence-electron chi connectivity index (χ3n) is 3.74. The van der Waals surface area contributed by atoms with E-state index in [1.54, 1.807) is 11.7 Å². The first-order valence-electron chi connectivity index (χ1n) is 5.81. The van der Waals surface area contributed by atoms with Gasteiger partial charge in [-0.1, -0.05) is 0 Å². The van der Waals surface area contributed by atoms with Gasteiger partial charge in [0.1, 0.15) is 0 Å². The molecule has 0 spiro atoms. The minimum atomic E-state index is -3.01. The van der Waals surface area contributed by atoms with Gasteiger partial charge in [-0.2, -0.15) is 0 Å². The van der Waals surface area contributed by atoms with Gasteiger partial charge < -0.3 is 10.2 Å². The molecule has 0 saturated carbocycles. The van der Waals surface area contributed by atoms with Gasteiger partial charge in [0.25, 0.3) is 0 Å². The largest absolute Gasteiger partial charge is 0.396 e. The molecule has 2 heterocycles. The number of sulfone groups is 1. The zero-order valence-corrected chi connectivity index (χ0v) is 11.6. The molecule has 1 fully saturated rings. The first-order valence-corrected chi connectivity index (χ1v) is 8.51. The van der Waals surface area contributed by atoms with Crippen LogP contribution in [-0.4, -0.2) is 48.3 Å². The van der Waals surface area contributed by atoms with Gasteiger partial charge in [-0.05, 0) is 18.8 Å². The average Bonchev–Trinajstić information content (AvgIpc) is 2.95. The predicted octanol–water partition coefficient (Wildman–Crippen LogP) is 0.0913. The Morgan fingerprint density at radius 1 is 1.44 bits per heavy atom. The summed E-state index contributed by atoms with van der Waals surface area (Å²) in [5.41, 5.74) is 0.941. The van der Waals surface area contributed by atoms with Crippen molar-refractivity contribution in [3.8, 4) is 0 Å². The fourth-order valence-corrected chi connectivity index (χ4v) is 5.21. The van der Waals surface area contributed by atoms with Crippen LogP contribution < -0.4 is 0 Å². The van der Waals surface area contributed by atoms with Crippen molar-refractivity contribution in [2.45, 2.75) is 12.8 Å². The summed E-state index contributed by atoms with van der Waals surface area (Å²) in [5, 5.41) is 19.3. The van der Waals surface area contributed by atoms with E-state index in [0.717, 1.165) is 4.88 Å². The molecule has 2 rings (SSSR count). The second kappa shape index (κ2) is 5.24. The summed E-state index contributed by atoms with van der Waals surface area (Å²) in [6.07, 6.45) is 2.70. The van der Waals surface area contributed by atoms with Crippen LogP contribution in [0.4, 0.5) is 0 Å². The Balaban J connectivity index is 2.21. The SMILES string of the molecule is O=S1(=O)CCC(C(CO)(CO)Cc2cncs2)C1. The van der Waals surface area contributed by atoms with Crippen LogP contribution in [0.3, 0.4) is 0 Å². The third-order valence-corrected chi connectivity index (χ3v) is 6.29. The zero-order valence-electron chi connectivity index (χ0n) is 9.95. The van der Waals surface area contributed by atoms with E-state index in [4.69, 9.17) is 0 Å². The molecule has 1 aliphatic heterocycles. The topological polar surface area (TPSA) is 87.5 Å². The second-order valence-corrected chi connectivity index (χ2v) is 8.12. The van der Waals surface area contributed by atoms with E-state index in [1.165, 1.54) is 11.3 Å². The number of rotatable bonds is 5. The molecule has 18 heavy (non-hydrogen) atoms. The van der Waals surface area contributed by atoms with E-state index >= 15 is 0 Å². The molecule has 0 bridgehead atoms. The summed E-state index contributed by atoms with van der Waals surface area (Å²) >= 11 is 1.46. The van der Waals surface area contributed by atoms with Crippen LogP contribution in [0.5, 0.6) is 0 Å². The van der Waals surface area contributed by atoms with Crippen molar-refractivity contribution in [1.29, 1.82) is 0 Å². The Morgan fingerprint density at radius 2 is 2.17 bits per heavy atom. The minimum Gasteiger partial charge on any atom is -0.396 e. The number of nitrogens with zero attached hydrogens (tertiary/aromatic N) is 1. The highest BCUT2D eigenvalue weighted by atomic mass is 32.2. The quantitative estimate of drug-likeness (QED) is 0.803. The average molecular weight is 291 g/mol. The molecular weight excluding hydrogens is 274 g/mol. The fourth-order valence-electron chi connectivity index (χ4n) is 2.52. The van der Waals surface area contributed by atoms with Crippen molar-refractivity contribution in [3.05, 3.63) is 16.6 Å². The molecule has 1 aliphatic rings. The molecule has 1 saturated heterocycles. The standard InChI is InChI=1S/C11H17NO4S2/c13-6-11(7-14,3-10-4-12-8-17-10)9-1-2-18(15,16)5-9/h4,8-9,13-14H,1-3,5-7H2. The van der Waals surface area contributed by atoms with E-state index in [-0.39, 0.29) is 30.6 Å². The van der Waals surface area contributed by atoms with Crippen molar-refractivity contribution in [3.63, 3.8) is 0 Å². The molecule has 1 atom stereocenters. The van der Waals surface area contributed by atoms with Gasteiger partial charge in [0.05, 0.1) is 30.2 Å². The van der Waals surface area contributed by atoms with Crippen LogP contribution in [0.2, 0.25) is 0 Å². The first kappa shape index (κ1) is 13.9. The Bertz CT molecular complexity index is 479. The van der Waals surface area contributed by atoms with Crippen LogP contribution in [0, 0.1) is 11.3 Å². The van der Waals surface area contributed by atoms with Gasteiger partial charge >= 0.3 is 0 Å². The highest BCUT2D eigenvalue weighted by Gasteiger charge is 2.44. The Kier molecular flexibility index (Phi) is 4.05. The van der Waals surface area contributed by atoms with Gasteiger partial charge in [-0.25, -0.2) is 8.42 Å². The lowest BCUT2D eigenvalue weighted by molar-refractivity contribution is 0.0130. The molecule has 0 aliphatic carbocycles. The molecule has 102 valence electrons. The summed E-state index contributed by atoms with van der Waals surface area (Å²) in [4.78, 5) is 4.93. The summed E-state index contributed by atoms with van der Waals surface area (Å²) in [5.74, 6) is 0.0364. The van der Waals surface area contributed by atoms with Crippen molar-refractivity contribution < 1.29 is 18.6 Å². The maximum Gasteiger partial charge on any atom is 0.150 e. The smallest absolute Gasteiger partial charge is 0.150 e. The van der Waals surface area contributed by atoms with Crippen LogP contribution in [0.25, 0.3) is 0 Å². The van der Waals surface area contributed by atoms with Gasteiger partial charge in [0.15, 0.2) is 9.84 Å². The zero-order chi connectivity index (χ0) is 13.2. The normalized spacial score (nSPS) is 23.3. The third kappa shape index (κ3) is 2.74. The van der Waals surface area contributed by atoms with Crippen LogP contribution in [-0.2, 0) is 16.3 Å². The Morgan fingerprint density at radius 3 is 2.61 bits per heavy atom. The van der Waals surface area contributed by atoms with Gasteiger partial charge in [0.2, 0.25) is 0 Å². The number of aliphatic hydroxyl groups is 2. The van der Waals surface area contributed by atoms with E-state index in [2.05, 4.69) is 4.98 Å². The lowest BCUT2D eigenvalue weighted by Gasteiger charge is -2.34. The monoisotopic (exact) mass is 291 g/mol. The lowest BCUT2D eigenvalue weighted by atomic mass is 9.73. The molecule has 5 nitrogen and oxygen atoms in total. The number of thiazole rings is 1. The summed E-state index contributed by atoms with van der Waals surface area (Å²) in [7, 11) is -3.01. The lowest BCUT2D eigenvalue weighted by Crippen LogP contribution is -2.40. The number of aromatic nitrogens is 1. The maximum atomic E-state index is 11.5. The van der Waals surface area contributed by atoms with Gasteiger partial charge in [-0.3, -0.25) is 4.98 Å². The second-order valence-electron chi connectivity index (χ2n) is 4.92. The van der Waals surface area contributed by atoms with Crippen LogP contribution in [0.15, 0.2) is 11.7 Å². The predicted molar refractivity (Wildman–Crippen MR) is 69.2 cm³/mol. The highest BCUT2D eigenvalue weighted by molar-refractivity contribution is 7.91. The Hall–Kier alpha value is -0.500. The Labute approximate surface area is 110 Å². The molecule has 0 aromatic carbocycles. The van der Waals surface area contributed by atoms with E-state index in [1.807, 2.05) is 0 Å². The molecule has 7 heteroatoms. The highest BCUT2D eigenvalue weighted by Crippen LogP contribution is 2.39. The summed E-state index contributed by atoms with van der Waals surface area (Å²) < 4.78 is 23.1. The summed E-state index contributed by atoms with van der Waals surface area (Å²) in [6.45, 7) is -0.414. The molecule has 0 radical (unpaired) electrons. The number of hydrogen-bond donors (Lipinski definition) is 2. The van der Waals surface area contributed by atoms with Crippen LogP contribution >= 0.6 is 11.3 Å².